The van der Waals surface area contributed by atoms with Crippen molar-refractivity contribution in [1.29, 1.82) is 0 Å². The number of alkyl halides is 3. The molecule has 0 bridgehead atoms. The van der Waals surface area contributed by atoms with E-state index in [2.05, 4.69) is 19.9 Å². The van der Waals surface area contributed by atoms with E-state index in [-0.39, 0.29) is 24.1 Å². The highest BCUT2D eigenvalue weighted by Gasteiger charge is 2.61. The molecular formula is C25H21F4N7O3. The van der Waals surface area contributed by atoms with Crippen molar-refractivity contribution < 1.29 is 32.2 Å². The Bertz CT molecular complexity index is 1600. The predicted octanol–water partition coefficient (Wildman–Crippen LogP) is 3.06. The molecule has 202 valence electrons. The molecule has 10 nitrogen and oxygen atoms in total. The SMILES string of the molecule is Cc1nc2cnc(-c3cnc(N4CC(O)(C(F)(F)F)C4)nc3)cn2c1CN1C(=O)[C@@H](C)Oc2c(F)cccc21. The third-order valence-corrected chi connectivity index (χ3v) is 6.91. The normalized spacial score (nSPS) is 18.6. The number of carbonyl (C=O) groups excluding carboxylic acids is 1. The number of nitrogens with zero attached hydrogens (tertiary/aromatic N) is 7. The number of carbonyl (C=O) groups is 1. The molecule has 5 heterocycles. The second-order valence-electron chi connectivity index (χ2n) is 9.57. The number of ether oxygens (including phenoxy) is 1. The minimum Gasteiger partial charge on any atom is -0.476 e. The van der Waals surface area contributed by atoms with Crippen molar-refractivity contribution in [3.05, 3.63) is 60.2 Å². The van der Waals surface area contributed by atoms with Crippen molar-refractivity contribution in [3.8, 4) is 17.0 Å². The van der Waals surface area contributed by atoms with Crippen LogP contribution in [0.3, 0.4) is 0 Å². The molecule has 1 amide bonds. The summed E-state index contributed by atoms with van der Waals surface area (Å²) in [5, 5.41) is 9.66. The van der Waals surface area contributed by atoms with Gasteiger partial charge >= 0.3 is 6.18 Å². The molecule has 0 spiro atoms. The Morgan fingerprint density at radius 2 is 1.87 bits per heavy atom. The molecule has 0 radical (unpaired) electrons. The number of para-hydroxylation sites is 1. The first-order valence-electron chi connectivity index (χ1n) is 11.9. The molecule has 0 unspecified atom stereocenters. The van der Waals surface area contributed by atoms with E-state index in [1.54, 1.807) is 30.5 Å². The van der Waals surface area contributed by atoms with Crippen molar-refractivity contribution in [2.75, 3.05) is 22.9 Å². The number of halogens is 4. The first-order valence-corrected chi connectivity index (χ1v) is 11.9. The first kappa shape index (κ1) is 25.0. The van der Waals surface area contributed by atoms with Crippen LogP contribution in [0.2, 0.25) is 0 Å². The molecule has 14 heteroatoms. The lowest BCUT2D eigenvalue weighted by Gasteiger charge is -2.46. The number of hydrogen-bond donors (Lipinski definition) is 1. The van der Waals surface area contributed by atoms with Gasteiger partial charge in [-0.25, -0.2) is 19.3 Å². The topological polar surface area (TPSA) is 109 Å². The number of aliphatic hydroxyl groups is 1. The molecule has 1 saturated heterocycles. The number of aromatic nitrogens is 5. The number of anilines is 2. The number of benzene rings is 1. The predicted molar refractivity (Wildman–Crippen MR) is 130 cm³/mol. The zero-order valence-electron chi connectivity index (χ0n) is 20.6. The molecule has 1 aromatic carbocycles. The molecule has 3 aromatic heterocycles. The van der Waals surface area contributed by atoms with Crippen molar-refractivity contribution in [3.63, 3.8) is 0 Å². The molecule has 39 heavy (non-hydrogen) atoms. The van der Waals surface area contributed by atoms with Gasteiger partial charge in [0.2, 0.25) is 5.95 Å². The van der Waals surface area contributed by atoms with Gasteiger partial charge in [-0.15, -0.1) is 0 Å². The van der Waals surface area contributed by atoms with Gasteiger partial charge in [0.1, 0.15) is 0 Å². The smallest absolute Gasteiger partial charge is 0.420 e. The fraction of sp³-hybridized carbons (Fsp3) is 0.320. The van der Waals surface area contributed by atoms with Gasteiger partial charge < -0.3 is 14.7 Å². The Morgan fingerprint density at radius 1 is 1.15 bits per heavy atom. The summed E-state index contributed by atoms with van der Waals surface area (Å²) in [6, 6.07) is 4.38. The van der Waals surface area contributed by atoms with E-state index >= 15 is 0 Å². The quantitative estimate of drug-likeness (QED) is 0.392. The summed E-state index contributed by atoms with van der Waals surface area (Å²) in [7, 11) is 0. The van der Waals surface area contributed by atoms with E-state index < -0.39 is 36.8 Å². The maximum Gasteiger partial charge on any atom is 0.420 e. The molecule has 0 saturated carbocycles. The van der Waals surface area contributed by atoms with Crippen molar-refractivity contribution >= 4 is 23.2 Å². The van der Waals surface area contributed by atoms with Gasteiger partial charge in [0, 0.05) is 24.2 Å². The Morgan fingerprint density at radius 3 is 2.56 bits per heavy atom. The van der Waals surface area contributed by atoms with Crippen molar-refractivity contribution in [2.24, 2.45) is 0 Å². The van der Waals surface area contributed by atoms with E-state index in [4.69, 9.17) is 4.74 Å². The van der Waals surface area contributed by atoms with Crippen molar-refractivity contribution in [2.45, 2.75) is 38.3 Å². The highest BCUT2D eigenvalue weighted by molar-refractivity contribution is 5.99. The summed E-state index contributed by atoms with van der Waals surface area (Å²) in [4.78, 5) is 32.9. The van der Waals surface area contributed by atoms with Crippen LogP contribution >= 0.6 is 0 Å². The second-order valence-corrected chi connectivity index (χ2v) is 9.57. The Kier molecular flexibility index (Phi) is 5.50. The van der Waals surface area contributed by atoms with Gasteiger partial charge in [-0.3, -0.25) is 19.1 Å². The molecule has 1 fully saturated rings. The minimum absolute atomic E-state index is 0.00606. The van der Waals surface area contributed by atoms with Gasteiger partial charge in [0.05, 0.1) is 48.6 Å². The zero-order chi connectivity index (χ0) is 27.7. The lowest BCUT2D eigenvalue weighted by molar-refractivity contribution is -0.267. The van der Waals surface area contributed by atoms with E-state index in [1.165, 1.54) is 40.5 Å². The number of fused-ring (bicyclic) bond motifs is 2. The first-order chi connectivity index (χ1) is 18.4. The third kappa shape index (κ3) is 4.02. The summed E-state index contributed by atoms with van der Waals surface area (Å²) >= 11 is 0. The summed E-state index contributed by atoms with van der Waals surface area (Å²) in [5.41, 5.74) is 0.308. The molecule has 2 aliphatic rings. The summed E-state index contributed by atoms with van der Waals surface area (Å²) in [6.07, 6.45) is 0.476. The van der Waals surface area contributed by atoms with Crippen LogP contribution in [0.1, 0.15) is 18.3 Å². The summed E-state index contributed by atoms with van der Waals surface area (Å²) in [5.74, 6) is -0.836. The zero-order valence-corrected chi connectivity index (χ0v) is 20.6. The number of rotatable bonds is 4. The molecule has 2 aliphatic heterocycles. The highest BCUT2D eigenvalue weighted by Crippen LogP contribution is 2.39. The van der Waals surface area contributed by atoms with Crippen LogP contribution in [0, 0.1) is 12.7 Å². The van der Waals surface area contributed by atoms with Crippen LogP contribution in [0.15, 0.2) is 43.0 Å². The average Bonchev–Trinajstić information content (AvgIpc) is 3.19. The average molecular weight is 543 g/mol. The van der Waals surface area contributed by atoms with E-state index in [0.717, 1.165) is 0 Å². The van der Waals surface area contributed by atoms with Crippen molar-refractivity contribution in [1.82, 2.24) is 24.3 Å². The fourth-order valence-corrected chi connectivity index (χ4v) is 4.69. The molecule has 1 N–H and O–H groups in total. The Labute approximate surface area is 218 Å². The summed E-state index contributed by atoms with van der Waals surface area (Å²) < 4.78 is 60.5. The molecule has 4 aromatic rings. The van der Waals surface area contributed by atoms with Crippen LogP contribution < -0.4 is 14.5 Å². The van der Waals surface area contributed by atoms with Crippen LogP contribution in [-0.2, 0) is 11.3 Å². The summed E-state index contributed by atoms with van der Waals surface area (Å²) in [6.45, 7) is 2.14. The van der Waals surface area contributed by atoms with Crippen LogP contribution in [0.4, 0.5) is 29.2 Å². The standard InChI is InChI=1S/C25H21F4N7O3/c1-13-19(10-36-18-5-3-4-16(26)21(18)39-14(2)22(36)37)35-9-17(30-8-20(35)33-13)15-6-31-23(32-7-15)34-11-24(38,12-34)25(27,28)29/h3-9,14,38H,10-12H2,1-2H3/t14-/m1/s1. The van der Waals surface area contributed by atoms with Crippen LogP contribution in [-0.4, -0.2) is 66.3 Å². The van der Waals surface area contributed by atoms with E-state index in [1.807, 2.05) is 0 Å². The highest BCUT2D eigenvalue weighted by atomic mass is 19.4. The van der Waals surface area contributed by atoms with Gasteiger partial charge in [-0.2, -0.15) is 13.2 Å². The monoisotopic (exact) mass is 543 g/mol. The molecule has 1 atom stereocenters. The van der Waals surface area contributed by atoms with Gasteiger partial charge in [0.25, 0.3) is 5.91 Å². The number of hydrogen-bond acceptors (Lipinski definition) is 8. The number of β-amino-alcohol motifs (C(OH)–C–C–N with tert-alkyl or cyclic N) is 1. The number of amides is 1. The fourth-order valence-electron chi connectivity index (χ4n) is 4.69. The Hall–Kier alpha value is -4.33. The maximum absolute atomic E-state index is 14.4. The number of aryl methyl sites for hydroxylation is 1. The van der Waals surface area contributed by atoms with E-state index in [9.17, 15) is 27.5 Å². The molecule has 6 rings (SSSR count). The largest absolute Gasteiger partial charge is 0.476 e. The van der Waals surface area contributed by atoms with Crippen LogP contribution in [0.5, 0.6) is 5.75 Å². The molecule has 0 aliphatic carbocycles. The van der Waals surface area contributed by atoms with Crippen LogP contribution in [0.25, 0.3) is 16.9 Å². The second kappa shape index (κ2) is 8.59. The Balaban J connectivity index is 1.29. The lowest BCUT2D eigenvalue weighted by Crippen LogP contribution is -2.69. The maximum atomic E-state index is 14.4. The number of imidazole rings is 1. The van der Waals surface area contributed by atoms with E-state index in [0.29, 0.717) is 34.0 Å². The third-order valence-electron chi connectivity index (χ3n) is 6.91. The lowest BCUT2D eigenvalue weighted by atomic mass is 9.94. The van der Waals surface area contributed by atoms with Gasteiger partial charge in [-0.05, 0) is 26.0 Å². The minimum atomic E-state index is -4.73. The molecular weight excluding hydrogens is 522 g/mol. The van der Waals surface area contributed by atoms with Gasteiger partial charge in [0.15, 0.2) is 28.9 Å². The van der Waals surface area contributed by atoms with Gasteiger partial charge in [-0.1, -0.05) is 6.07 Å².